The van der Waals surface area contributed by atoms with Crippen LogP contribution in [-0.2, 0) is 13.1 Å². The molecule has 3 rings (SSSR count). The maximum absolute atomic E-state index is 4.22. The molecule has 118 valence electrons. The van der Waals surface area contributed by atoms with E-state index in [9.17, 15) is 0 Å². The smallest absolute Gasteiger partial charge is 0.165 e. The first-order valence-corrected chi connectivity index (χ1v) is 8.58. The van der Waals surface area contributed by atoms with Gasteiger partial charge in [0, 0.05) is 25.7 Å². The van der Waals surface area contributed by atoms with Gasteiger partial charge in [-0.05, 0) is 49.2 Å². The van der Waals surface area contributed by atoms with E-state index in [0.29, 0.717) is 0 Å². The Morgan fingerprint density at radius 2 is 2.00 bits per heavy atom. The van der Waals surface area contributed by atoms with Crippen molar-refractivity contribution in [1.29, 1.82) is 0 Å². The summed E-state index contributed by atoms with van der Waals surface area (Å²) in [4.78, 5) is 5.22. The quantitative estimate of drug-likeness (QED) is 0.796. The molecule has 0 spiro atoms. The number of nitrogens with zero attached hydrogens (tertiary/aromatic N) is 6. The van der Waals surface area contributed by atoms with E-state index in [4.69, 9.17) is 0 Å². The first-order chi connectivity index (χ1) is 10.4. The largest absolute Gasteiger partial charge is 0.299 e. The molecule has 0 N–H and O–H groups in total. The van der Waals surface area contributed by atoms with Crippen molar-refractivity contribution in [2.45, 2.75) is 64.6 Å². The zero-order valence-corrected chi connectivity index (χ0v) is 13.2. The highest BCUT2D eigenvalue weighted by atomic mass is 15.5. The first-order valence-electron chi connectivity index (χ1n) is 8.58. The highest BCUT2D eigenvalue weighted by Crippen LogP contribution is 2.25. The van der Waals surface area contributed by atoms with Crippen LogP contribution in [-0.4, -0.2) is 62.2 Å². The SMILES string of the molecule is CCCCn1nnnc1CN1CCCN(C2CCC2)CC1. The van der Waals surface area contributed by atoms with Crippen LogP contribution in [0.3, 0.4) is 0 Å². The molecule has 0 bridgehead atoms. The number of aromatic nitrogens is 4. The van der Waals surface area contributed by atoms with Gasteiger partial charge in [0.2, 0.25) is 0 Å². The Hall–Kier alpha value is -1.01. The second-order valence-corrected chi connectivity index (χ2v) is 6.42. The monoisotopic (exact) mass is 292 g/mol. The van der Waals surface area contributed by atoms with Crippen LogP contribution >= 0.6 is 0 Å². The number of rotatable bonds is 6. The Kier molecular flexibility index (Phi) is 5.19. The average Bonchev–Trinajstić information content (AvgIpc) is 2.74. The second kappa shape index (κ2) is 7.31. The normalized spacial score (nSPS) is 22.1. The third-order valence-electron chi connectivity index (χ3n) is 4.91. The molecule has 0 atom stereocenters. The molecule has 1 aromatic rings. The summed E-state index contributed by atoms with van der Waals surface area (Å²) in [6.45, 7) is 8.84. The third-order valence-corrected chi connectivity index (χ3v) is 4.91. The van der Waals surface area contributed by atoms with Gasteiger partial charge in [0.25, 0.3) is 0 Å². The molecule has 1 saturated carbocycles. The van der Waals surface area contributed by atoms with Crippen LogP contribution in [0.5, 0.6) is 0 Å². The Balaban J connectivity index is 1.51. The van der Waals surface area contributed by atoms with Gasteiger partial charge in [-0.25, -0.2) is 4.68 Å². The van der Waals surface area contributed by atoms with Crippen LogP contribution in [0.2, 0.25) is 0 Å². The average molecular weight is 292 g/mol. The minimum atomic E-state index is 0.875. The van der Waals surface area contributed by atoms with Gasteiger partial charge in [0.05, 0.1) is 6.54 Å². The van der Waals surface area contributed by atoms with Crippen molar-refractivity contribution in [3.63, 3.8) is 0 Å². The molecule has 6 nitrogen and oxygen atoms in total. The summed E-state index contributed by atoms with van der Waals surface area (Å²) in [5.41, 5.74) is 0. The maximum Gasteiger partial charge on any atom is 0.165 e. The molecule has 2 aliphatic rings. The second-order valence-electron chi connectivity index (χ2n) is 6.42. The van der Waals surface area contributed by atoms with Crippen LogP contribution in [0.1, 0.15) is 51.3 Å². The van der Waals surface area contributed by atoms with Gasteiger partial charge in [-0.2, -0.15) is 0 Å². The molecule has 0 aromatic carbocycles. The minimum absolute atomic E-state index is 0.875. The molecular formula is C15H28N6. The van der Waals surface area contributed by atoms with Crippen LogP contribution in [0.25, 0.3) is 0 Å². The standard InChI is InChI=1S/C15H28N6/c1-2-3-10-21-15(16-17-18-21)13-19-8-5-9-20(12-11-19)14-6-4-7-14/h14H,2-13H2,1H3. The first kappa shape index (κ1) is 14.9. The van der Waals surface area contributed by atoms with Gasteiger partial charge in [0.1, 0.15) is 0 Å². The lowest BCUT2D eigenvalue weighted by Crippen LogP contribution is -2.42. The Morgan fingerprint density at radius 1 is 1.10 bits per heavy atom. The lowest BCUT2D eigenvalue weighted by atomic mass is 9.91. The molecule has 0 radical (unpaired) electrons. The van der Waals surface area contributed by atoms with E-state index in [1.165, 1.54) is 51.7 Å². The molecule has 1 saturated heterocycles. The number of tetrazole rings is 1. The van der Waals surface area contributed by atoms with E-state index in [-0.39, 0.29) is 0 Å². The lowest BCUT2D eigenvalue weighted by molar-refractivity contribution is 0.130. The van der Waals surface area contributed by atoms with Crippen molar-refractivity contribution >= 4 is 0 Å². The highest BCUT2D eigenvalue weighted by molar-refractivity contribution is 4.85. The van der Waals surface area contributed by atoms with Gasteiger partial charge in [-0.3, -0.25) is 9.80 Å². The maximum atomic E-state index is 4.22. The Labute approximate surface area is 127 Å². The van der Waals surface area contributed by atoms with Gasteiger partial charge >= 0.3 is 0 Å². The van der Waals surface area contributed by atoms with Crippen molar-refractivity contribution < 1.29 is 0 Å². The molecule has 21 heavy (non-hydrogen) atoms. The summed E-state index contributed by atoms with van der Waals surface area (Å²) in [6, 6.07) is 0.875. The van der Waals surface area contributed by atoms with Crippen LogP contribution in [0.15, 0.2) is 0 Å². The number of hydrogen-bond donors (Lipinski definition) is 0. The van der Waals surface area contributed by atoms with Crippen LogP contribution in [0.4, 0.5) is 0 Å². The molecule has 2 heterocycles. The summed E-state index contributed by atoms with van der Waals surface area (Å²) < 4.78 is 1.98. The van der Waals surface area contributed by atoms with Gasteiger partial charge < -0.3 is 0 Å². The number of hydrogen-bond acceptors (Lipinski definition) is 5. The zero-order chi connectivity index (χ0) is 14.5. The van der Waals surface area contributed by atoms with E-state index in [0.717, 1.165) is 37.9 Å². The number of unbranched alkanes of at least 4 members (excludes halogenated alkanes) is 1. The molecule has 0 amide bonds. The predicted octanol–water partition coefficient (Wildman–Crippen LogP) is 1.53. The van der Waals surface area contributed by atoms with E-state index in [1.807, 2.05) is 4.68 Å². The molecule has 6 heteroatoms. The molecule has 2 fully saturated rings. The predicted molar refractivity (Wildman–Crippen MR) is 81.8 cm³/mol. The van der Waals surface area contributed by atoms with Gasteiger partial charge in [0.15, 0.2) is 5.82 Å². The zero-order valence-electron chi connectivity index (χ0n) is 13.2. The Bertz CT molecular complexity index is 428. The molecule has 1 aromatic heterocycles. The fraction of sp³-hybridized carbons (Fsp3) is 0.933. The minimum Gasteiger partial charge on any atom is -0.299 e. The van der Waals surface area contributed by atoms with Crippen LogP contribution in [0, 0.1) is 0 Å². The van der Waals surface area contributed by atoms with Crippen molar-refractivity contribution in [3.8, 4) is 0 Å². The summed E-state index contributed by atoms with van der Waals surface area (Å²) >= 11 is 0. The molecular weight excluding hydrogens is 264 g/mol. The van der Waals surface area contributed by atoms with Gasteiger partial charge in [-0.1, -0.05) is 19.8 Å². The van der Waals surface area contributed by atoms with Crippen LogP contribution < -0.4 is 0 Å². The highest BCUT2D eigenvalue weighted by Gasteiger charge is 2.26. The Morgan fingerprint density at radius 3 is 2.76 bits per heavy atom. The third kappa shape index (κ3) is 3.80. The lowest BCUT2D eigenvalue weighted by Gasteiger charge is -2.36. The van der Waals surface area contributed by atoms with Crippen molar-refractivity contribution in [1.82, 2.24) is 30.0 Å². The van der Waals surface area contributed by atoms with E-state index >= 15 is 0 Å². The molecule has 1 aliphatic carbocycles. The van der Waals surface area contributed by atoms with Crippen molar-refractivity contribution in [2.75, 3.05) is 26.2 Å². The van der Waals surface area contributed by atoms with Gasteiger partial charge in [-0.15, -0.1) is 5.10 Å². The topological polar surface area (TPSA) is 50.1 Å². The number of aryl methyl sites for hydroxylation is 1. The summed E-state index contributed by atoms with van der Waals surface area (Å²) in [5.74, 6) is 1.03. The summed E-state index contributed by atoms with van der Waals surface area (Å²) in [6.07, 6.45) is 7.85. The van der Waals surface area contributed by atoms with Crippen molar-refractivity contribution in [2.24, 2.45) is 0 Å². The fourth-order valence-corrected chi connectivity index (χ4v) is 3.28. The van der Waals surface area contributed by atoms with E-state index < -0.39 is 0 Å². The molecule has 1 aliphatic heterocycles. The molecule has 0 unspecified atom stereocenters. The van der Waals surface area contributed by atoms with E-state index in [2.05, 4.69) is 32.2 Å². The summed E-state index contributed by atoms with van der Waals surface area (Å²) in [7, 11) is 0. The summed E-state index contributed by atoms with van der Waals surface area (Å²) in [5, 5.41) is 12.2. The van der Waals surface area contributed by atoms with E-state index in [1.54, 1.807) is 0 Å². The van der Waals surface area contributed by atoms with Crippen molar-refractivity contribution in [3.05, 3.63) is 5.82 Å². The fourth-order valence-electron chi connectivity index (χ4n) is 3.28.